The number of aryl methyl sites for hydroxylation is 4. The summed E-state index contributed by atoms with van der Waals surface area (Å²) >= 11 is 7.05. The number of allylic oxidation sites excluding steroid dienone is 6. The van der Waals surface area contributed by atoms with Gasteiger partial charge >= 0.3 is 0 Å². The fraction of sp³-hybridized carbons (Fsp3) is 0.0769. The van der Waals surface area contributed by atoms with Gasteiger partial charge in [0, 0.05) is 63.0 Å². The van der Waals surface area contributed by atoms with Gasteiger partial charge in [-0.15, -0.1) is 45.3 Å². The number of ketones is 2. The Hall–Kier alpha value is -10.4. The smallest absolute Gasteiger partial charge is 0.270 e. The Morgan fingerprint density at radius 2 is 0.886 bits per heavy atom. The van der Waals surface area contributed by atoms with Crippen LogP contribution in [0.3, 0.4) is 0 Å². The van der Waals surface area contributed by atoms with E-state index >= 15 is 0 Å². The van der Waals surface area contributed by atoms with Gasteiger partial charge in [0.25, 0.3) is 11.4 Å². The largest absolute Gasteiger partial charge is 0.289 e. The summed E-state index contributed by atoms with van der Waals surface area (Å²) in [6, 6.07) is 68.7. The number of nitriles is 2. The second kappa shape index (κ2) is 19.6. The van der Waals surface area contributed by atoms with Gasteiger partial charge in [0.1, 0.15) is 0 Å². The first-order chi connectivity index (χ1) is 42.9. The summed E-state index contributed by atoms with van der Waals surface area (Å²) < 4.78 is 5.70. The van der Waals surface area contributed by atoms with E-state index in [-0.39, 0.29) is 23.0 Å². The first kappa shape index (κ1) is 53.1. The molecule has 412 valence electrons. The van der Waals surface area contributed by atoms with Gasteiger partial charge in [-0.1, -0.05) is 180 Å². The Kier molecular flexibility index (Phi) is 11.8. The van der Waals surface area contributed by atoms with E-state index in [0.717, 1.165) is 57.7 Å². The van der Waals surface area contributed by atoms with Gasteiger partial charge in [0.05, 0.1) is 50.2 Å². The van der Waals surface area contributed by atoms with Crippen molar-refractivity contribution in [2.24, 2.45) is 0 Å². The standard InChI is InChI=1S/C78H44N4O2S4/c1-41-15-24-46(25-16-41)77(47-26-17-42(2)18-27-47)60-38-57-61(37-56(60)72-68(77)55-32-23-45(34-64(55)86-72)33-58-66(62(39-79)81-5)51-11-7-9-13-53(51)70(58)83)78(48-28-19-43(3)20-29-48,49-30-21-44(4)22-31-49)69-73(57)88-76-74-65(87-75(69)76)36-50(85-74)35-59-67(63(40-80)82-6)52-12-8-10-14-54(52)71(59)84/h7-38H,1-4H3/b58-33?,59-35?,66-62+,67-63-. The predicted molar refractivity (Wildman–Crippen MR) is 360 cm³/mol. The molecule has 4 heterocycles. The minimum Gasteiger partial charge on any atom is -0.289 e. The summed E-state index contributed by atoms with van der Waals surface area (Å²) in [5.41, 5.74) is 19.2. The Bertz CT molecular complexity index is 5370. The Morgan fingerprint density at radius 1 is 0.443 bits per heavy atom. The molecule has 12 aromatic rings. The van der Waals surface area contributed by atoms with Crippen molar-refractivity contribution in [1.29, 1.82) is 10.5 Å². The van der Waals surface area contributed by atoms with E-state index in [1.165, 1.54) is 69.2 Å². The van der Waals surface area contributed by atoms with Crippen LogP contribution in [0.4, 0.5) is 0 Å². The van der Waals surface area contributed by atoms with E-state index in [1.807, 2.05) is 59.9 Å². The first-order valence-electron chi connectivity index (χ1n) is 28.7. The number of fused-ring (bicyclic) bond motifs is 14. The van der Waals surface area contributed by atoms with Gasteiger partial charge in [0.15, 0.2) is 11.6 Å². The molecule has 4 aromatic heterocycles. The molecule has 4 aliphatic carbocycles. The molecule has 88 heavy (non-hydrogen) atoms. The monoisotopic (exact) mass is 1200 g/mol. The molecule has 0 N–H and O–H groups in total. The minimum absolute atomic E-state index is 0.0970. The molecule has 0 spiro atoms. The number of benzene rings is 8. The summed E-state index contributed by atoms with van der Waals surface area (Å²) in [5.74, 6) is -0.396. The molecule has 0 atom stereocenters. The van der Waals surface area contributed by atoms with E-state index in [9.17, 15) is 20.1 Å². The van der Waals surface area contributed by atoms with Crippen LogP contribution in [-0.4, -0.2) is 11.6 Å². The number of carbonyl (C=O) groups is 2. The van der Waals surface area contributed by atoms with E-state index in [2.05, 4.69) is 183 Å². The molecule has 0 saturated heterocycles. The predicted octanol–water partition coefficient (Wildman–Crippen LogP) is 20.2. The molecule has 0 unspecified atom stereocenters. The number of nitrogens with zero attached hydrogens (tertiary/aromatic N) is 4. The third-order valence-corrected chi connectivity index (χ3v) is 23.3. The van der Waals surface area contributed by atoms with Crippen LogP contribution in [0.2, 0.25) is 0 Å². The lowest BCUT2D eigenvalue weighted by Gasteiger charge is -2.36. The van der Waals surface area contributed by atoms with Crippen LogP contribution in [0.15, 0.2) is 205 Å². The molecule has 0 fully saturated rings. The van der Waals surface area contributed by atoms with E-state index in [0.29, 0.717) is 44.5 Å². The first-order valence-corrected chi connectivity index (χ1v) is 32.0. The maximum absolute atomic E-state index is 14.3. The average Bonchev–Trinajstić information content (AvgIpc) is 1.49. The average molecular weight is 1200 g/mol. The molecule has 0 aliphatic heterocycles. The quantitative estimate of drug-likeness (QED) is 0.0942. The van der Waals surface area contributed by atoms with Crippen molar-refractivity contribution in [2.45, 2.75) is 38.5 Å². The van der Waals surface area contributed by atoms with Gasteiger partial charge in [-0.3, -0.25) is 9.59 Å². The highest BCUT2D eigenvalue weighted by Gasteiger charge is 2.54. The zero-order valence-electron chi connectivity index (χ0n) is 47.7. The van der Waals surface area contributed by atoms with Crippen LogP contribution in [0.1, 0.15) is 109 Å². The fourth-order valence-electron chi connectivity index (χ4n) is 14.4. The van der Waals surface area contributed by atoms with Crippen LogP contribution >= 0.6 is 45.3 Å². The second-order valence-electron chi connectivity index (χ2n) is 23.1. The topological polar surface area (TPSA) is 90.4 Å². The number of Topliss-reactive ketones (excluding diaryl/α,β-unsaturated/α-hetero) is 2. The number of hydrogen-bond donors (Lipinski definition) is 0. The number of thiophene rings is 4. The van der Waals surface area contributed by atoms with Gasteiger partial charge in [-0.05, 0) is 136 Å². The lowest BCUT2D eigenvalue weighted by Crippen LogP contribution is -2.30. The molecule has 16 rings (SSSR count). The molecule has 6 nitrogen and oxygen atoms in total. The zero-order chi connectivity index (χ0) is 60.1. The van der Waals surface area contributed by atoms with Crippen LogP contribution in [0.25, 0.3) is 82.8 Å². The third-order valence-electron chi connectivity index (χ3n) is 18.3. The Morgan fingerprint density at radius 3 is 1.35 bits per heavy atom. The van der Waals surface area contributed by atoms with Crippen molar-refractivity contribution in [2.75, 3.05) is 0 Å². The highest BCUT2D eigenvalue weighted by atomic mass is 32.1. The van der Waals surface area contributed by atoms with Crippen molar-refractivity contribution < 1.29 is 9.59 Å². The van der Waals surface area contributed by atoms with Crippen LogP contribution in [-0.2, 0) is 10.8 Å². The Balaban J connectivity index is 0.976. The van der Waals surface area contributed by atoms with Crippen LogP contribution < -0.4 is 0 Å². The maximum Gasteiger partial charge on any atom is 0.270 e. The number of hydrogen-bond acceptors (Lipinski definition) is 8. The van der Waals surface area contributed by atoms with Crippen molar-refractivity contribution in [1.82, 2.24) is 0 Å². The highest BCUT2D eigenvalue weighted by Crippen LogP contribution is 2.68. The van der Waals surface area contributed by atoms with Crippen LogP contribution in [0.5, 0.6) is 0 Å². The molecule has 0 saturated carbocycles. The van der Waals surface area contributed by atoms with E-state index in [4.69, 9.17) is 13.1 Å². The van der Waals surface area contributed by atoms with Gasteiger partial charge in [0.2, 0.25) is 0 Å². The molecular weight excluding hydrogens is 1150 g/mol. The number of carbonyl (C=O) groups excluding carboxylic acids is 2. The molecule has 10 heteroatoms. The molecule has 8 aromatic carbocycles. The van der Waals surface area contributed by atoms with Crippen molar-refractivity contribution in [3.63, 3.8) is 0 Å². The fourth-order valence-corrected chi connectivity index (χ4v) is 20.0. The summed E-state index contributed by atoms with van der Waals surface area (Å²) in [6.45, 7) is 24.4. The number of rotatable bonds is 6. The Labute approximate surface area is 523 Å². The van der Waals surface area contributed by atoms with Gasteiger partial charge in [-0.25, -0.2) is 20.2 Å². The van der Waals surface area contributed by atoms with Crippen molar-refractivity contribution in [3.05, 3.63) is 327 Å². The SMILES string of the molecule is [C-]#[N+]/C(C#N)=C1\C(=Cc2cc3sc4c5c(sc4c3s2)-c2cc3c(cc2C5(c2ccc(C)cc2)c2ccc(C)cc2)-c2sc4cc(C=C5C(=O)c6ccccc6/C5=C(/C#N)[N+]#[C-])ccc4c2C3(c2ccc(C)cc2)c2ccc(C)cc2)C(=O)c2ccccc21. The molecule has 0 bridgehead atoms. The maximum atomic E-state index is 14.3. The minimum atomic E-state index is -0.796. The molecule has 4 aliphatic rings. The van der Waals surface area contributed by atoms with Crippen molar-refractivity contribution >= 4 is 109 Å². The van der Waals surface area contributed by atoms with E-state index < -0.39 is 10.8 Å². The summed E-state index contributed by atoms with van der Waals surface area (Å²) in [6.07, 6.45) is 3.74. The summed E-state index contributed by atoms with van der Waals surface area (Å²) in [4.78, 5) is 38.9. The van der Waals surface area contributed by atoms with Crippen molar-refractivity contribution in [3.8, 4) is 33.0 Å². The van der Waals surface area contributed by atoms with Gasteiger partial charge < -0.3 is 0 Å². The normalized spacial score (nSPS) is 16.7. The second-order valence-corrected chi connectivity index (χ2v) is 27.3. The zero-order valence-corrected chi connectivity index (χ0v) is 51.0. The van der Waals surface area contributed by atoms with Crippen LogP contribution in [0, 0.1) is 63.5 Å². The molecular formula is C78H44N4O2S4. The lowest BCUT2D eigenvalue weighted by atomic mass is 9.65. The highest BCUT2D eigenvalue weighted by molar-refractivity contribution is 7.40. The third kappa shape index (κ3) is 7.27. The van der Waals surface area contributed by atoms with Gasteiger partial charge in [-0.2, -0.15) is 0 Å². The van der Waals surface area contributed by atoms with E-state index in [1.54, 1.807) is 46.1 Å². The molecule has 0 radical (unpaired) electrons. The molecule has 0 amide bonds. The summed E-state index contributed by atoms with van der Waals surface area (Å²) in [7, 11) is 0. The summed E-state index contributed by atoms with van der Waals surface area (Å²) in [5, 5.41) is 21.5. The lowest BCUT2D eigenvalue weighted by molar-refractivity contribution is 0.103.